The molecule has 140 valence electrons. The normalized spacial score (nSPS) is 17.3. The monoisotopic (exact) mass is 372 g/mol. The van der Waals surface area contributed by atoms with Crippen molar-refractivity contribution < 1.29 is 4.79 Å². The van der Waals surface area contributed by atoms with Crippen LogP contribution < -0.4 is 5.56 Å². The zero-order valence-corrected chi connectivity index (χ0v) is 15.3. The first-order chi connectivity index (χ1) is 13.7. The molecule has 0 unspecified atom stereocenters. The van der Waals surface area contributed by atoms with Crippen LogP contribution in [0.15, 0.2) is 59.4 Å². The van der Waals surface area contributed by atoms with Gasteiger partial charge in [0.1, 0.15) is 5.82 Å². The topological polar surface area (TPSA) is 81.8 Å². The van der Waals surface area contributed by atoms with Crippen LogP contribution in [0.4, 0.5) is 0 Å². The molecule has 6 heteroatoms. The number of hydrogen-bond acceptors (Lipinski definition) is 3. The first kappa shape index (κ1) is 16.7. The predicted octanol–water partition coefficient (Wildman–Crippen LogP) is 3.42. The van der Waals surface area contributed by atoms with Gasteiger partial charge in [-0.3, -0.25) is 9.59 Å². The van der Waals surface area contributed by atoms with Crippen molar-refractivity contribution in [2.75, 3.05) is 13.1 Å². The van der Waals surface area contributed by atoms with Crippen molar-refractivity contribution in [3.8, 4) is 0 Å². The van der Waals surface area contributed by atoms with Crippen molar-refractivity contribution in [3.05, 3.63) is 76.3 Å². The van der Waals surface area contributed by atoms with Crippen LogP contribution >= 0.6 is 0 Å². The molecule has 2 aromatic heterocycles. The van der Waals surface area contributed by atoms with Crippen LogP contribution in [-0.2, 0) is 0 Å². The Morgan fingerprint density at radius 2 is 1.82 bits per heavy atom. The summed E-state index contributed by atoms with van der Waals surface area (Å²) in [6.45, 7) is 1.29. The van der Waals surface area contributed by atoms with Crippen LogP contribution in [-0.4, -0.2) is 38.8 Å². The van der Waals surface area contributed by atoms with Crippen molar-refractivity contribution in [1.82, 2.24) is 19.9 Å². The number of amides is 1. The standard InChI is InChI=1S/C22H20N4O2/c27-20-12-16(15-7-1-2-8-17(15)23-20)22(28)26-11-5-6-14(13-26)21-24-18-9-3-4-10-19(18)25-21/h1-4,7-10,12,14H,5-6,11,13H2,(H,23,27)(H,24,25)/t14-/m0/s1. The number of para-hydroxylation sites is 3. The number of benzene rings is 2. The number of carbonyl (C=O) groups is 1. The van der Waals surface area contributed by atoms with Gasteiger partial charge >= 0.3 is 0 Å². The second-order valence-corrected chi connectivity index (χ2v) is 7.32. The van der Waals surface area contributed by atoms with Gasteiger partial charge in [-0.15, -0.1) is 0 Å². The lowest BCUT2D eigenvalue weighted by Crippen LogP contribution is -2.39. The number of aromatic amines is 2. The van der Waals surface area contributed by atoms with Gasteiger partial charge in [0.15, 0.2) is 0 Å². The quantitative estimate of drug-likeness (QED) is 0.566. The van der Waals surface area contributed by atoms with Crippen molar-refractivity contribution >= 4 is 27.8 Å². The maximum Gasteiger partial charge on any atom is 0.254 e. The molecule has 1 fully saturated rings. The summed E-state index contributed by atoms with van der Waals surface area (Å²) in [4.78, 5) is 38.1. The maximum atomic E-state index is 13.3. The van der Waals surface area contributed by atoms with E-state index >= 15 is 0 Å². The Kier molecular flexibility index (Phi) is 3.97. The summed E-state index contributed by atoms with van der Waals surface area (Å²) in [5, 5.41) is 0.776. The van der Waals surface area contributed by atoms with Gasteiger partial charge in [-0.05, 0) is 31.0 Å². The fourth-order valence-electron chi connectivity index (χ4n) is 4.10. The van der Waals surface area contributed by atoms with Crippen LogP contribution in [0.2, 0.25) is 0 Å². The number of nitrogens with zero attached hydrogens (tertiary/aromatic N) is 2. The number of imidazole rings is 1. The van der Waals surface area contributed by atoms with Gasteiger partial charge in [0.2, 0.25) is 5.56 Å². The molecule has 2 N–H and O–H groups in total. The van der Waals surface area contributed by atoms with Crippen molar-refractivity contribution in [3.63, 3.8) is 0 Å². The molecule has 0 saturated carbocycles. The lowest BCUT2D eigenvalue weighted by atomic mass is 9.96. The molecule has 3 heterocycles. The highest BCUT2D eigenvalue weighted by Crippen LogP contribution is 2.28. The van der Waals surface area contributed by atoms with E-state index in [0.717, 1.165) is 35.1 Å². The zero-order chi connectivity index (χ0) is 19.1. The molecule has 1 aliphatic rings. The third kappa shape index (κ3) is 2.87. The molecule has 1 saturated heterocycles. The summed E-state index contributed by atoms with van der Waals surface area (Å²) in [6.07, 6.45) is 1.90. The number of carbonyl (C=O) groups excluding carboxylic acids is 1. The largest absolute Gasteiger partial charge is 0.342 e. The Balaban J connectivity index is 1.47. The summed E-state index contributed by atoms with van der Waals surface area (Å²) in [6, 6.07) is 16.8. The summed E-state index contributed by atoms with van der Waals surface area (Å²) < 4.78 is 0. The fraction of sp³-hybridized carbons (Fsp3) is 0.227. The minimum Gasteiger partial charge on any atom is -0.342 e. The number of hydrogen-bond donors (Lipinski definition) is 2. The first-order valence-electron chi connectivity index (χ1n) is 9.55. The van der Waals surface area contributed by atoms with E-state index in [9.17, 15) is 9.59 Å². The minimum absolute atomic E-state index is 0.0943. The number of fused-ring (bicyclic) bond motifs is 2. The Hall–Kier alpha value is -3.41. The van der Waals surface area contributed by atoms with Gasteiger partial charge in [0.05, 0.1) is 16.6 Å². The van der Waals surface area contributed by atoms with Crippen LogP contribution in [0.5, 0.6) is 0 Å². The Bertz CT molecular complexity index is 1210. The summed E-state index contributed by atoms with van der Waals surface area (Å²) in [7, 11) is 0. The number of pyridine rings is 1. The van der Waals surface area contributed by atoms with Gasteiger partial charge < -0.3 is 14.9 Å². The van der Waals surface area contributed by atoms with Gasteiger partial charge in [-0.25, -0.2) is 4.98 Å². The third-order valence-corrected chi connectivity index (χ3v) is 5.48. The molecule has 5 rings (SSSR count). The van der Waals surface area contributed by atoms with Crippen LogP contribution in [0.1, 0.15) is 34.9 Å². The van der Waals surface area contributed by atoms with Gasteiger partial charge in [0, 0.05) is 36.0 Å². The molecular formula is C22H20N4O2. The van der Waals surface area contributed by atoms with Gasteiger partial charge in [0.25, 0.3) is 5.91 Å². The fourth-order valence-corrected chi connectivity index (χ4v) is 4.10. The molecule has 0 spiro atoms. The molecule has 6 nitrogen and oxygen atoms in total. The average molecular weight is 372 g/mol. The molecule has 1 amide bonds. The molecule has 28 heavy (non-hydrogen) atoms. The molecular weight excluding hydrogens is 352 g/mol. The molecule has 1 aliphatic heterocycles. The Labute approximate surface area is 161 Å². The maximum absolute atomic E-state index is 13.3. The van der Waals surface area contributed by atoms with Crippen LogP contribution in [0, 0.1) is 0 Å². The number of likely N-dealkylation sites (tertiary alicyclic amines) is 1. The number of H-pyrrole nitrogens is 2. The lowest BCUT2D eigenvalue weighted by Gasteiger charge is -2.32. The lowest BCUT2D eigenvalue weighted by molar-refractivity contribution is 0.0706. The summed E-state index contributed by atoms with van der Waals surface area (Å²) in [5.74, 6) is 0.996. The SMILES string of the molecule is O=C(c1cc(=O)[nH]c2ccccc12)N1CCC[C@H](c2nc3ccccc3[nH]2)C1. The molecule has 0 aliphatic carbocycles. The Morgan fingerprint density at radius 3 is 2.68 bits per heavy atom. The number of rotatable bonds is 2. The van der Waals surface area contributed by atoms with Gasteiger partial charge in [-0.1, -0.05) is 30.3 Å². The summed E-state index contributed by atoms with van der Waals surface area (Å²) in [5.41, 5.74) is 2.85. The van der Waals surface area contributed by atoms with Gasteiger partial charge in [-0.2, -0.15) is 0 Å². The first-order valence-corrected chi connectivity index (χ1v) is 9.55. The molecule has 0 radical (unpaired) electrons. The van der Waals surface area contributed by atoms with E-state index in [-0.39, 0.29) is 17.4 Å². The highest BCUT2D eigenvalue weighted by Gasteiger charge is 2.28. The van der Waals surface area contributed by atoms with Crippen molar-refractivity contribution in [2.24, 2.45) is 0 Å². The van der Waals surface area contributed by atoms with E-state index in [1.54, 1.807) is 0 Å². The second-order valence-electron chi connectivity index (χ2n) is 7.32. The molecule has 4 aromatic rings. The average Bonchev–Trinajstić information content (AvgIpc) is 3.17. The number of nitrogens with one attached hydrogen (secondary N) is 2. The van der Waals surface area contributed by atoms with Crippen LogP contribution in [0.3, 0.4) is 0 Å². The van der Waals surface area contributed by atoms with Crippen molar-refractivity contribution in [2.45, 2.75) is 18.8 Å². The highest BCUT2D eigenvalue weighted by atomic mass is 16.2. The van der Waals surface area contributed by atoms with Crippen molar-refractivity contribution in [1.29, 1.82) is 0 Å². The predicted molar refractivity (Wildman–Crippen MR) is 109 cm³/mol. The third-order valence-electron chi connectivity index (χ3n) is 5.48. The van der Waals surface area contributed by atoms with E-state index in [1.807, 2.05) is 53.4 Å². The zero-order valence-electron chi connectivity index (χ0n) is 15.3. The highest BCUT2D eigenvalue weighted by molar-refractivity contribution is 6.06. The molecule has 2 aromatic carbocycles. The van der Waals surface area contributed by atoms with E-state index in [2.05, 4.69) is 9.97 Å². The number of piperidine rings is 1. The minimum atomic E-state index is -0.257. The van der Waals surface area contributed by atoms with E-state index in [1.165, 1.54) is 6.07 Å². The smallest absolute Gasteiger partial charge is 0.254 e. The van der Waals surface area contributed by atoms with E-state index in [0.29, 0.717) is 24.2 Å². The molecule has 0 bridgehead atoms. The summed E-state index contributed by atoms with van der Waals surface area (Å²) >= 11 is 0. The van der Waals surface area contributed by atoms with E-state index < -0.39 is 0 Å². The van der Waals surface area contributed by atoms with E-state index in [4.69, 9.17) is 4.98 Å². The van der Waals surface area contributed by atoms with Crippen LogP contribution in [0.25, 0.3) is 21.9 Å². The number of aromatic nitrogens is 3. The molecule has 1 atom stereocenters. The Morgan fingerprint density at radius 1 is 1.04 bits per heavy atom. The second kappa shape index (κ2) is 6.64.